The second-order valence-corrected chi connectivity index (χ2v) is 10.6. The Morgan fingerprint density at radius 1 is 1.19 bits per heavy atom. The van der Waals surface area contributed by atoms with Crippen molar-refractivity contribution in [2.75, 3.05) is 22.8 Å². The molecule has 2 bridgehead atoms. The van der Waals surface area contributed by atoms with Gasteiger partial charge >= 0.3 is 6.09 Å². The maximum atomic E-state index is 14.7. The number of hydrazine groups is 2. The minimum atomic E-state index is -0.647. The molecular weight excluding hydrogens is 579 g/mol. The summed E-state index contributed by atoms with van der Waals surface area (Å²) in [5, 5.41) is 18.4. The Hall–Kier alpha value is -4.75. The van der Waals surface area contributed by atoms with Gasteiger partial charge in [-0.2, -0.15) is 10.2 Å². The summed E-state index contributed by atoms with van der Waals surface area (Å²) in [7, 11) is 1.26. The number of anilines is 3. The van der Waals surface area contributed by atoms with Gasteiger partial charge in [-0.1, -0.05) is 31.0 Å². The van der Waals surface area contributed by atoms with Crippen molar-refractivity contribution in [2.45, 2.75) is 39.2 Å². The molecule has 2 aromatic carbocycles. The van der Waals surface area contributed by atoms with Gasteiger partial charge in [0.2, 0.25) is 5.91 Å². The molecule has 0 aliphatic carbocycles. The largest absolute Gasteiger partial charge is 0.453 e. The van der Waals surface area contributed by atoms with Gasteiger partial charge in [0, 0.05) is 17.2 Å². The highest BCUT2D eigenvalue weighted by atomic mass is 35.5. The van der Waals surface area contributed by atoms with Gasteiger partial charge in [0.05, 0.1) is 47.1 Å². The van der Waals surface area contributed by atoms with E-state index in [1.165, 1.54) is 18.2 Å². The number of aromatic nitrogens is 2. The van der Waals surface area contributed by atoms with Crippen LogP contribution in [-0.4, -0.2) is 35.2 Å². The van der Waals surface area contributed by atoms with E-state index in [9.17, 15) is 18.8 Å². The number of hydrogen-bond donors (Lipinski definition) is 5. The molecule has 224 valence electrons. The lowest BCUT2D eigenvalue weighted by Gasteiger charge is -2.22. The fourth-order valence-electron chi connectivity index (χ4n) is 4.91. The van der Waals surface area contributed by atoms with Crippen molar-refractivity contribution >= 4 is 46.6 Å². The van der Waals surface area contributed by atoms with E-state index in [1.807, 2.05) is 6.92 Å². The first-order chi connectivity index (χ1) is 20.7. The summed E-state index contributed by atoms with van der Waals surface area (Å²) in [5.41, 5.74) is 9.06. The van der Waals surface area contributed by atoms with Crippen LogP contribution in [0, 0.1) is 11.7 Å². The van der Waals surface area contributed by atoms with Crippen molar-refractivity contribution in [3.63, 3.8) is 0 Å². The van der Waals surface area contributed by atoms with Crippen LogP contribution in [0.5, 0.6) is 0 Å². The average molecular weight is 609 g/mol. The number of amides is 3. The molecule has 0 fully saturated rings. The molecule has 0 spiro atoms. The molecule has 43 heavy (non-hydrogen) atoms. The van der Waals surface area contributed by atoms with E-state index >= 15 is 0 Å². The molecule has 0 saturated heterocycles. The first-order valence-corrected chi connectivity index (χ1v) is 13.9. The zero-order chi connectivity index (χ0) is 30.7. The number of carbonyl (C=O) groups is 3. The molecule has 5 N–H and O–H groups in total. The second kappa shape index (κ2) is 12.6. The van der Waals surface area contributed by atoms with Crippen molar-refractivity contribution in [3.8, 4) is 11.3 Å². The van der Waals surface area contributed by atoms with Gasteiger partial charge in [-0.15, -0.1) is 5.53 Å². The van der Waals surface area contributed by atoms with Crippen LogP contribution in [0.25, 0.3) is 11.3 Å². The van der Waals surface area contributed by atoms with E-state index < -0.39 is 23.9 Å². The quantitative estimate of drug-likeness (QED) is 0.282. The molecule has 5 rings (SSSR count). The van der Waals surface area contributed by atoms with Crippen LogP contribution in [0.4, 0.5) is 26.2 Å². The van der Waals surface area contributed by atoms with Gasteiger partial charge in [0.15, 0.2) is 5.82 Å². The molecular formula is C29H30ClFN8O4. The molecule has 2 atom stereocenters. The summed E-state index contributed by atoms with van der Waals surface area (Å²) in [5.74, 6) is -1.58. The number of hydrogen-bond acceptors (Lipinski definition) is 9. The average Bonchev–Trinajstić information content (AvgIpc) is 3.38. The SMILES string of the molecule is COC(=O)Nc1ccc2c(c1)NC(=O)[C@@H](C)CCC[C@H](NC(=O)C1=C(C)N(c3cccc(Cl)c3F)NN1)c1cnnc-2c1. The molecule has 3 heterocycles. The van der Waals surface area contributed by atoms with Crippen LogP contribution in [0.3, 0.4) is 0 Å². The van der Waals surface area contributed by atoms with E-state index in [-0.39, 0.29) is 28.2 Å². The number of benzene rings is 2. The summed E-state index contributed by atoms with van der Waals surface area (Å²) >= 11 is 5.96. The second-order valence-electron chi connectivity index (χ2n) is 10.2. The Balaban J connectivity index is 1.46. The van der Waals surface area contributed by atoms with Crippen molar-refractivity contribution < 1.29 is 23.5 Å². The van der Waals surface area contributed by atoms with E-state index in [0.29, 0.717) is 53.2 Å². The number of fused-ring (bicyclic) bond motifs is 4. The van der Waals surface area contributed by atoms with Gasteiger partial charge in [-0.05, 0) is 61.7 Å². The number of rotatable bonds is 4. The van der Waals surface area contributed by atoms with Gasteiger partial charge in [0.25, 0.3) is 5.91 Å². The van der Waals surface area contributed by atoms with Gasteiger partial charge < -0.3 is 15.4 Å². The van der Waals surface area contributed by atoms with Crippen LogP contribution in [0.2, 0.25) is 5.02 Å². The third kappa shape index (κ3) is 6.37. The van der Waals surface area contributed by atoms with Crippen molar-refractivity contribution in [2.24, 2.45) is 5.92 Å². The molecule has 1 aromatic heterocycles. The monoisotopic (exact) mass is 608 g/mol. The molecule has 3 aromatic rings. The summed E-state index contributed by atoms with van der Waals surface area (Å²) in [6.07, 6.45) is 2.64. The van der Waals surface area contributed by atoms with Crippen LogP contribution >= 0.6 is 11.6 Å². The van der Waals surface area contributed by atoms with Crippen molar-refractivity contribution in [1.29, 1.82) is 0 Å². The standard InChI is InChI=1S/C29H30ClFN8O4/c1-15-6-4-8-21(34-28(41)26-16(2)39(38-37-26)24-9-5-7-20(30)25(24)31)17-12-23(36-32-14-17)19-11-10-18(33-29(42)43-3)13-22(19)35-27(15)40/h5,7,9-15,21,37-38H,4,6,8H2,1-3H3,(H,33,42)(H,34,41)(H,35,40)/t15-,21-/m0/s1. The summed E-state index contributed by atoms with van der Waals surface area (Å²) in [6, 6.07) is 10.9. The molecule has 0 saturated carbocycles. The van der Waals surface area contributed by atoms with Crippen LogP contribution in [-0.2, 0) is 14.3 Å². The van der Waals surface area contributed by atoms with Crippen LogP contribution < -0.4 is 31.9 Å². The smallest absolute Gasteiger partial charge is 0.411 e. The summed E-state index contributed by atoms with van der Waals surface area (Å²) in [4.78, 5) is 38.4. The minimum Gasteiger partial charge on any atom is -0.453 e. The number of nitrogens with one attached hydrogen (secondary N) is 5. The Morgan fingerprint density at radius 3 is 2.79 bits per heavy atom. The zero-order valence-electron chi connectivity index (χ0n) is 23.6. The highest BCUT2D eigenvalue weighted by Crippen LogP contribution is 2.34. The number of allylic oxidation sites excluding steroid dienone is 1. The van der Waals surface area contributed by atoms with E-state index in [4.69, 9.17) is 11.6 Å². The summed E-state index contributed by atoms with van der Waals surface area (Å²) < 4.78 is 19.4. The number of halogens is 2. The zero-order valence-corrected chi connectivity index (χ0v) is 24.4. The third-order valence-electron chi connectivity index (χ3n) is 7.34. The highest BCUT2D eigenvalue weighted by molar-refractivity contribution is 6.31. The Morgan fingerprint density at radius 2 is 2.00 bits per heavy atom. The lowest BCUT2D eigenvalue weighted by Crippen LogP contribution is -2.40. The maximum absolute atomic E-state index is 14.7. The molecule has 0 unspecified atom stereocenters. The predicted molar refractivity (Wildman–Crippen MR) is 159 cm³/mol. The summed E-state index contributed by atoms with van der Waals surface area (Å²) in [6.45, 7) is 3.51. The molecule has 3 amide bonds. The fraction of sp³-hybridized carbons (Fsp3) is 0.276. The molecule has 2 aliphatic rings. The van der Waals surface area contributed by atoms with Crippen LogP contribution in [0.1, 0.15) is 44.7 Å². The van der Waals surface area contributed by atoms with Crippen molar-refractivity contribution in [1.82, 2.24) is 26.5 Å². The topological polar surface area (TPSA) is 150 Å². The van der Waals surface area contributed by atoms with E-state index in [0.717, 1.165) is 0 Å². The van der Waals surface area contributed by atoms with Gasteiger partial charge in [-0.25, -0.2) is 9.18 Å². The molecule has 12 nitrogen and oxygen atoms in total. The maximum Gasteiger partial charge on any atom is 0.411 e. The molecule has 2 aliphatic heterocycles. The van der Waals surface area contributed by atoms with E-state index in [1.54, 1.807) is 49.5 Å². The molecule has 14 heteroatoms. The third-order valence-corrected chi connectivity index (χ3v) is 7.63. The minimum absolute atomic E-state index is 0.0420. The first-order valence-electron chi connectivity index (χ1n) is 13.6. The Bertz CT molecular complexity index is 1620. The molecule has 0 radical (unpaired) electrons. The van der Waals surface area contributed by atoms with Crippen LogP contribution in [0.15, 0.2) is 60.1 Å². The predicted octanol–water partition coefficient (Wildman–Crippen LogP) is 4.79. The first kappa shape index (κ1) is 29.7. The van der Waals surface area contributed by atoms with Gasteiger partial charge in [-0.3, -0.25) is 25.3 Å². The Labute approximate surface area is 252 Å². The number of carbonyl (C=O) groups excluding carboxylic acids is 3. The fourth-order valence-corrected chi connectivity index (χ4v) is 5.08. The number of methoxy groups -OCH3 is 1. The number of ether oxygens (including phenoxy) is 1. The number of nitrogens with zero attached hydrogens (tertiary/aromatic N) is 3. The highest BCUT2D eigenvalue weighted by Gasteiger charge is 2.29. The van der Waals surface area contributed by atoms with E-state index in [2.05, 4.69) is 41.8 Å². The van der Waals surface area contributed by atoms with Gasteiger partial charge in [0.1, 0.15) is 5.70 Å². The Kier molecular flexibility index (Phi) is 8.73. The lowest BCUT2D eigenvalue weighted by atomic mass is 9.95. The van der Waals surface area contributed by atoms with Crippen molar-refractivity contribution in [3.05, 3.63) is 76.5 Å². The normalized spacial score (nSPS) is 18.4. The lowest BCUT2D eigenvalue weighted by molar-refractivity contribution is -0.120.